The molecule has 4 nitrogen and oxygen atoms in total. The molecule has 1 heterocycles. The average Bonchev–Trinajstić information content (AvgIpc) is 2.44. The number of nitrogen functional groups attached to an aromatic ring is 1. The van der Waals surface area contributed by atoms with Gasteiger partial charge in [0.25, 0.3) is 5.91 Å². The maximum absolute atomic E-state index is 12.6. The molecule has 5 heteroatoms. The van der Waals surface area contributed by atoms with Crippen LogP contribution in [0.3, 0.4) is 0 Å². The number of nitrogens with zero attached hydrogens (tertiary/aromatic N) is 2. The van der Waals surface area contributed by atoms with Crippen LogP contribution in [0, 0.1) is 6.92 Å². The molecule has 0 aliphatic heterocycles. The Labute approximate surface area is 123 Å². The van der Waals surface area contributed by atoms with E-state index in [0.717, 1.165) is 11.3 Å². The Bertz CT molecular complexity index is 626. The molecule has 2 N–H and O–H groups in total. The number of hydrogen-bond donors (Lipinski definition) is 1. The summed E-state index contributed by atoms with van der Waals surface area (Å²) in [4.78, 5) is 18.1. The van der Waals surface area contributed by atoms with Gasteiger partial charge < -0.3 is 10.6 Å². The van der Waals surface area contributed by atoms with Crippen LogP contribution in [0.25, 0.3) is 0 Å². The summed E-state index contributed by atoms with van der Waals surface area (Å²) in [6, 6.07) is 9.25. The molecule has 0 spiro atoms. The number of aryl methyl sites for hydroxylation is 1. The lowest BCUT2D eigenvalue weighted by molar-refractivity contribution is 0.0989. The molecule has 1 amide bonds. The highest BCUT2D eigenvalue weighted by molar-refractivity contribution is 6.30. The van der Waals surface area contributed by atoms with Crippen molar-refractivity contribution in [2.75, 3.05) is 17.2 Å². The SMILES string of the molecule is CCN(C(=O)c1cc(Cl)ncc1N)c1ccc(C)cc1. The van der Waals surface area contributed by atoms with Gasteiger partial charge in [-0.2, -0.15) is 0 Å². The number of benzene rings is 1. The second-order valence-electron chi connectivity index (χ2n) is 4.48. The number of hydrogen-bond acceptors (Lipinski definition) is 3. The van der Waals surface area contributed by atoms with Crippen molar-refractivity contribution in [1.29, 1.82) is 0 Å². The van der Waals surface area contributed by atoms with E-state index in [4.69, 9.17) is 17.3 Å². The Kier molecular flexibility index (Phi) is 4.25. The number of carbonyl (C=O) groups excluding carboxylic acids is 1. The molecule has 2 rings (SSSR count). The second kappa shape index (κ2) is 5.92. The lowest BCUT2D eigenvalue weighted by Crippen LogP contribution is -2.31. The minimum Gasteiger partial charge on any atom is -0.397 e. The third-order valence-electron chi connectivity index (χ3n) is 3.04. The Morgan fingerprint density at radius 3 is 2.60 bits per heavy atom. The van der Waals surface area contributed by atoms with Gasteiger partial charge >= 0.3 is 0 Å². The first-order valence-electron chi connectivity index (χ1n) is 6.32. The number of carbonyl (C=O) groups is 1. The summed E-state index contributed by atoms with van der Waals surface area (Å²) in [6.07, 6.45) is 1.40. The van der Waals surface area contributed by atoms with Gasteiger partial charge in [-0.05, 0) is 32.0 Å². The fourth-order valence-corrected chi connectivity index (χ4v) is 2.10. The van der Waals surface area contributed by atoms with Gasteiger partial charge in [0, 0.05) is 12.2 Å². The van der Waals surface area contributed by atoms with E-state index in [-0.39, 0.29) is 11.1 Å². The minimum absolute atomic E-state index is 0.182. The molecule has 1 aromatic carbocycles. The van der Waals surface area contributed by atoms with Crippen LogP contribution in [0.15, 0.2) is 36.5 Å². The fourth-order valence-electron chi connectivity index (χ4n) is 1.94. The Morgan fingerprint density at radius 1 is 1.35 bits per heavy atom. The molecular weight excluding hydrogens is 274 g/mol. The van der Waals surface area contributed by atoms with Crippen LogP contribution in [-0.4, -0.2) is 17.4 Å². The van der Waals surface area contributed by atoms with Crippen molar-refractivity contribution in [3.8, 4) is 0 Å². The monoisotopic (exact) mass is 289 g/mol. The molecule has 0 aliphatic carbocycles. The van der Waals surface area contributed by atoms with Crippen molar-refractivity contribution in [1.82, 2.24) is 4.98 Å². The largest absolute Gasteiger partial charge is 0.397 e. The van der Waals surface area contributed by atoms with Crippen molar-refractivity contribution in [3.05, 3.63) is 52.8 Å². The van der Waals surface area contributed by atoms with Gasteiger partial charge in [0.2, 0.25) is 0 Å². The molecule has 104 valence electrons. The number of pyridine rings is 1. The first-order chi connectivity index (χ1) is 9.52. The third-order valence-corrected chi connectivity index (χ3v) is 3.25. The van der Waals surface area contributed by atoms with Crippen LogP contribution in [0.2, 0.25) is 5.15 Å². The highest BCUT2D eigenvalue weighted by Gasteiger charge is 2.19. The molecule has 2 aromatic rings. The number of rotatable bonds is 3. The number of halogens is 1. The van der Waals surface area contributed by atoms with E-state index >= 15 is 0 Å². The second-order valence-corrected chi connectivity index (χ2v) is 4.87. The first-order valence-corrected chi connectivity index (χ1v) is 6.70. The molecule has 1 aromatic heterocycles. The summed E-state index contributed by atoms with van der Waals surface area (Å²) in [5.41, 5.74) is 8.48. The quantitative estimate of drug-likeness (QED) is 0.882. The van der Waals surface area contributed by atoms with Crippen molar-refractivity contribution >= 4 is 28.9 Å². The van der Waals surface area contributed by atoms with E-state index in [9.17, 15) is 4.79 Å². The average molecular weight is 290 g/mol. The van der Waals surface area contributed by atoms with Crippen molar-refractivity contribution in [2.45, 2.75) is 13.8 Å². The van der Waals surface area contributed by atoms with E-state index in [1.165, 1.54) is 12.3 Å². The van der Waals surface area contributed by atoms with E-state index in [1.54, 1.807) is 4.90 Å². The van der Waals surface area contributed by atoms with Gasteiger partial charge in [0.1, 0.15) is 5.15 Å². The van der Waals surface area contributed by atoms with Crippen LogP contribution in [0.4, 0.5) is 11.4 Å². The third kappa shape index (κ3) is 2.91. The van der Waals surface area contributed by atoms with Crippen LogP contribution in [0.5, 0.6) is 0 Å². The molecule has 20 heavy (non-hydrogen) atoms. The Balaban J connectivity index is 2.38. The summed E-state index contributed by atoms with van der Waals surface area (Å²) in [6.45, 7) is 4.46. The van der Waals surface area contributed by atoms with Gasteiger partial charge in [-0.25, -0.2) is 4.98 Å². The molecule has 0 atom stereocenters. The topological polar surface area (TPSA) is 59.2 Å². The molecule has 0 bridgehead atoms. The number of nitrogens with two attached hydrogens (primary N) is 1. The summed E-state index contributed by atoms with van der Waals surface area (Å²) in [5, 5.41) is 0.252. The van der Waals surface area contributed by atoms with Gasteiger partial charge in [0.15, 0.2) is 0 Å². The first kappa shape index (κ1) is 14.3. The number of amides is 1. The zero-order valence-corrected chi connectivity index (χ0v) is 12.2. The Morgan fingerprint density at radius 2 is 2.00 bits per heavy atom. The van der Waals surface area contributed by atoms with Gasteiger partial charge in [-0.3, -0.25) is 4.79 Å². The Hall–Kier alpha value is -2.07. The molecule has 0 unspecified atom stereocenters. The van der Waals surface area contributed by atoms with E-state index in [1.807, 2.05) is 38.1 Å². The normalized spacial score (nSPS) is 10.3. The minimum atomic E-state index is -0.182. The highest BCUT2D eigenvalue weighted by atomic mass is 35.5. The summed E-state index contributed by atoms with van der Waals surface area (Å²) in [7, 11) is 0. The molecule has 0 saturated carbocycles. The van der Waals surface area contributed by atoms with E-state index in [2.05, 4.69) is 4.98 Å². The maximum Gasteiger partial charge on any atom is 0.260 e. The highest BCUT2D eigenvalue weighted by Crippen LogP contribution is 2.22. The zero-order chi connectivity index (χ0) is 14.7. The van der Waals surface area contributed by atoms with Crippen LogP contribution in [-0.2, 0) is 0 Å². The molecule has 0 saturated heterocycles. The van der Waals surface area contributed by atoms with Crippen LogP contribution >= 0.6 is 11.6 Å². The van der Waals surface area contributed by atoms with E-state index < -0.39 is 0 Å². The van der Waals surface area contributed by atoms with Gasteiger partial charge in [0.05, 0.1) is 17.4 Å². The van der Waals surface area contributed by atoms with Gasteiger partial charge in [-0.15, -0.1) is 0 Å². The smallest absolute Gasteiger partial charge is 0.260 e. The summed E-state index contributed by atoms with van der Waals surface area (Å²) < 4.78 is 0. The van der Waals surface area contributed by atoms with Crippen LogP contribution < -0.4 is 10.6 Å². The molecule has 0 aliphatic rings. The zero-order valence-electron chi connectivity index (χ0n) is 11.4. The predicted octanol–water partition coefficient (Wildman–Crippen LogP) is 3.29. The van der Waals surface area contributed by atoms with Crippen LogP contribution in [0.1, 0.15) is 22.8 Å². The van der Waals surface area contributed by atoms with Crippen molar-refractivity contribution in [2.24, 2.45) is 0 Å². The van der Waals surface area contributed by atoms with Gasteiger partial charge in [-0.1, -0.05) is 29.3 Å². The standard InChI is InChI=1S/C15H16ClN3O/c1-3-19(11-6-4-10(2)5-7-11)15(20)12-8-14(16)18-9-13(12)17/h4-9H,3,17H2,1-2H3. The molecular formula is C15H16ClN3O. The molecule has 0 fully saturated rings. The molecule has 0 radical (unpaired) electrons. The number of aromatic nitrogens is 1. The predicted molar refractivity (Wildman–Crippen MR) is 82.2 cm³/mol. The maximum atomic E-state index is 12.6. The lowest BCUT2D eigenvalue weighted by atomic mass is 10.1. The fraction of sp³-hybridized carbons (Fsp3) is 0.200. The van der Waals surface area contributed by atoms with Crippen molar-refractivity contribution in [3.63, 3.8) is 0 Å². The number of anilines is 2. The summed E-state index contributed by atoms with van der Waals surface area (Å²) >= 11 is 5.84. The van der Waals surface area contributed by atoms with Crippen molar-refractivity contribution < 1.29 is 4.79 Å². The lowest BCUT2D eigenvalue weighted by Gasteiger charge is -2.22. The van der Waals surface area contributed by atoms with E-state index in [0.29, 0.717) is 17.8 Å². The summed E-state index contributed by atoms with van der Waals surface area (Å²) in [5.74, 6) is -0.182.